The summed E-state index contributed by atoms with van der Waals surface area (Å²) < 4.78 is 2.24. The second-order valence-electron chi connectivity index (χ2n) is 8.11. The molecule has 0 saturated carbocycles. The molecule has 0 aliphatic rings. The summed E-state index contributed by atoms with van der Waals surface area (Å²) >= 11 is 0. The third-order valence-corrected chi connectivity index (χ3v) is 5.01. The van der Waals surface area contributed by atoms with Gasteiger partial charge in [-0.1, -0.05) is 32.0 Å². The monoisotopic (exact) mass is 435 g/mol. The Labute approximate surface area is 187 Å². The molecule has 1 aromatic heterocycles. The van der Waals surface area contributed by atoms with Gasteiger partial charge in [0.15, 0.2) is 0 Å². The fourth-order valence-electron chi connectivity index (χ4n) is 3.52. The summed E-state index contributed by atoms with van der Waals surface area (Å²) in [4.78, 5) is 35.9. The number of fused-ring (bicyclic) bond motifs is 3. The lowest BCUT2D eigenvalue weighted by Gasteiger charge is -2.08. The molecule has 0 bridgehead atoms. The van der Waals surface area contributed by atoms with Crippen molar-refractivity contribution >= 4 is 50.9 Å². The minimum absolute atomic E-state index is 0.0113. The van der Waals surface area contributed by atoms with E-state index < -0.39 is 11.8 Å². The summed E-state index contributed by atoms with van der Waals surface area (Å²) in [6, 6.07) is 14.0. The molecular weight excluding hydrogens is 406 g/mol. The van der Waals surface area contributed by atoms with Crippen LogP contribution in [0.25, 0.3) is 21.8 Å². The number of anilines is 1. The van der Waals surface area contributed by atoms with Gasteiger partial charge in [-0.2, -0.15) is 5.10 Å². The van der Waals surface area contributed by atoms with E-state index in [0.717, 1.165) is 28.4 Å². The Kier molecular flexibility index (Phi) is 7.25. The molecule has 2 aromatic carbocycles. The lowest BCUT2D eigenvalue weighted by molar-refractivity contribution is -0.139. The Morgan fingerprint density at radius 1 is 1.00 bits per heavy atom. The van der Waals surface area contributed by atoms with Crippen LogP contribution in [-0.4, -0.2) is 34.5 Å². The van der Waals surface area contributed by atoms with Gasteiger partial charge in [0.2, 0.25) is 5.91 Å². The molecule has 3 aromatic rings. The number of aryl methyl sites for hydroxylation is 1. The molecule has 168 valence electrons. The molecule has 0 spiro atoms. The number of carbonyl (C=O) groups is 3. The second kappa shape index (κ2) is 10.1. The number of nitrogens with zero attached hydrogens (tertiary/aromatic N) is 2. The van der Waals surface area contributed by atoms with E-state index in [1.165, 1.54) is 0 Å². The second-order valence-corrected chi connectivity index (χ2v) is 8.11. The van der Waals surface area contributed by atoms with Crippen molar-refractivity contribution in [2.24, 2.45) is 11.0 Å². The van der Waals surface area contributed by atoms with Crippen molar-refractivity contribution in [3.8, 4) is 0 Å². The first kappa shape index (κ1) is 23.0. The van der Waals surface area contributed by atoms with Gasteiger partial charge in [-0.15, -0.1) is 0 Å². The van der Waals surface area contributed by atoms with E-state index in [1.54, 1.807) is 6.92 Å². The third kappa shape index (κ3) is 5.32. The summed E-state index contributed by atoms with van der Waals surface area (Å²) in [5.41, 5.74) is 5.53. The summed E-state index contributed by atoms with van der Waals surface area (Å²) in [5.74, 6) is -1.64. The van der Waals surface area contributed by atoms with Gasteiger partial charge in [0.25, 0.3) is 0 Å². The Balaban J connectivity index is 1.64. The number of rotatable bonds is 7. The number of hydrazone groups is 1. The zero-order valence-corrected chi connectivity index (χ0v) is 18.9. The fraction of sp³-hybridized carbons (Fsp3) is 0.333. The first-order valence-corrected chi connectivity index (χ1v) is 10.7. The molecule has 32 heavy (non-hydrogen) atoms. The third-order valence-electron chi connectivity index (χ3n) is 5.01. The average molecular weight is 436 g/mol. The van der Waals surface area contributed by atoms with Crippen molar-refractivity contribution in [2.45, 2.75) is 40.7 Å². The predicted octanol–water partition coefficient (Wildman–Crippen LogP) is 3.41. The molecule has 8 nitrogen and oxygen atoms in total. The molecule has 0 atom stereocenters. The Bertz CT molecular complexity index is 1190. The lowest BCUT2D eigenvalue weighted by Crippen LogP contribution is -2.39. The summed E-state index contributed by atoms with van der Waals surface area (Å²) in [7, 11) is 0. The van der Waals surface area contributed by atoms with Gasteiger partial charge in [-0.05, 0) is 44.0 Å². The number of nitrogens with one attached hydrogen (secondary N) is 3. The molecule has 0 radical (unpaired) electrons. The van der Waals surface area contributed by atoms with Gasteiger partial charge >= 0.3 is 11.8 Å². The molecule has 0 unspecified atom stereocenters. The topological polar surface area (TPSA) is 105 Å². The average Bonchev–Trinajstić information content (AvgIpc) is 3.08. The standard InChI is InChI=1S/C24H29N5O3/c1-5-29-20-9-7-6-8-18(20)19-13-17(10-11-21(19)29)26-22(30)12-16(4)27-28-24(32)23(31)25-14-15(2)3/h6-11,13,15H,5,12,14H2,1-4H3,(H,25,31)(H,26,30)(H,28,32)/b27-16-. The van der Waals surface area contributed by atoms with Crippen LogP contribution in [0.5, 0.6) is 0 Å². The minimum atomic E-state index is -0.858. The molecule has 0 aliphatic heterocycles. The number of hydrogen-bond acceptors (Lipinski definition) is 4. The van der Waals surface area contributed by atoms with Crippen LogP contribution in [0, 0.1) is 5.92 Å². The van der Waals surface area contributed by atoms with Gasteiger partial charge in [0, 0.05) is 46.3 Å². The number of carbonyl (C=O) groups excluding carboxylic acids is 3. The van der Waals surface area contributed by atoms with Gasteiger partial charge in [-0.25, -0.2) is 5.43 Å². The SMILES string of the molecule is CCn1c2ccccc2c2cc(NC(=O)C/C(C)=N\NC(=O)C(=O)NCC(C)C)ccc21. The Hall–Kier alpha value is -3.68. The van der Waals surface area contributed by atoms with E-state index in [9.17, 15) is 14.4 Å². The highest BCUT2D eigenvalue weighted by atomic mass is 16.2. The summed E-state index contributed by atoms with van der Waals surface area (Å²) in [5, 5.41) is 11.5. The molecular formula is C24H29N5O3. The maximum Gasteiger partial charge on any atom is 0.329 e. The Morgan fingerprint density at radius 3 is 2.44 bits per heavy atom. The van der Waals surface area contributed by atoms with Gasteiger partial charge in [0.1, 0.15) is 0 Å². The maximum absolute atomic E-state index is 12.5. The molecule has 0 saturated heterocycles. The molecule has 3 N–H and O–H groups in total. The van der Waals surface area contributed by atoms with Crippen LogP contribution in [-0.2, 0) is 20.9 Å². The van der Waals surface area contributed by atoms with Crippen LogP contribution >= 0.6 is 0 Å². The van der Waals surface area contributed by atoms with Crippen molar-refractivity contribution in [3.63, 3.8) is 0 Å². The number of para-hydroxylation sites is 1. The Morgan fingerprint density at radius 2 is 1.72 bits per heavy atom. The maximum atomic E-state index is 12.5. The number of aromatic nitrogens is 1. The summed E-state index contributed by atoms with van der Waals surface area (Å²) in [6.07, 6.45) is -0.0113. The highest BCUT2D eigenvalue weighted by Crippen LogP contribution is 2.30. The summed E-state index contributed by atoms with van der Waals surface area (Å²) in [6.45, 7) is 8.84. The van der Waals surface area contributed by atoms with Gasteiger partial charge < -0.3 is 15.2 Å². The lowest BCUT2D eigenvalue weighted by atomic mass is 10.1. The van der Waals surface area contributed by atoms with Crippen molar-refractivity contribution in [1.82, 2.24) is 15.3 Å². The first-order chi connectivity index (χ1) is 15.3. The molecule has 0 aliphatic carbocycles. The van der Waals surface area contributed by atoms with Crippen LogP contribution in [0.1, 0.15) is 34.1 Å². The highest BCUT2D eigenvalue weighted by molar-refractivity contribution is 6.35. The van der Waals surface area contributed by atoms with E-state index in [-0.39, 0.29) is 18.2 Å². The van der Waals surface area contributed by atoms with Crippen LogP contribution in [0.4, 0.5) is 5.69 Å². The normalized spacial score (nSPS) is 11.7. The van der Waals surface area contributed by atoms with E-state index in [2.05, 4.69) is 44.8 Å². The van der Waals surface area contributed by atoms with Crippen molar-refractivity contribution in [1.29, 1.82) is 0 Å². The zero-order valence-electron chi connectivity index (χ0n) is 18.9. The van der Waals surface area contributed by atoms with Crippen LogP contribution in [0.2, 0.25) is 0 Å². The number of benzene rings is 2. The number of hydrogen-bond donors (Lipinski definition) is 3. The van der Waals surface area contributed by atoms with E-state index in [0.29, 0.717) is 17.9 Å². The molecule has 0 fully saturated rings. The van der Waals surface area contributed by atoms with Crippen LogP contribution < -0.4 is 16.1 Å². The van der Waals surface area contributed by atoms with Gasteiger partial charge in [-0.3, -0.25) is 14.4 Å². The minimum Gasteiger partial charge on any atom is -0.348 e. The first-order valence-electron chi connectivity index (χ1n) is 10.7. The zero-order chi connectivity index (χ0) is 23.3. The van der Waals surface area contributed by atoms with E-state index >= 15 is 0 Å². The molecule has 1 heterocycles. The van der Waals surface area contributed by atoms with E-state index in [4.69, 9.17) is 0 Å². The largest absolute Gasteiger partial charge is 0.348 e. The number of amides is 3. The van der Waals surface area contributed by atoms with E-state index in [1.807, 2.05) is 44.2 Å². The van der Waals surface area contributed by atoms with Crippen LogP contribution in [0.15, 0.2) is 47.6 Å². The van der Waals surface area contributed by atoms with Gasteiger partial charge in [0.05, 0.1) is 6.42 Å². The molecule has 3 amide bonds. The van der Waals surface area contributed by atoms with Crippen molar-refractivity contribution in [3.05, 3.63) is 42.5 Å². The fourth-order valence-corrected chi connectivity index (χ4v) is 3.52. The highest BCUT2D eigenvalue weighted by Gasteiger charge is 2.14. The van der Waals surface area contributed by atoms with Crippen molar-refractivity contribution < 1.29 is 14.4 Å². The quantitative estimate of drug-likeness (QED) is 0.301. The predicted molar refractivity (Wildman–Crippen MR) is 127 cm³/mol. The smallest absolute Gasteiger partial charge is 0.329 e. The van der Waals surface area contributed by atoms with Crippen molar-refractivity contribution in [2.75, 3.05) is 11.9 Å². The molecule has 3 rings (SSSR count). The molecule has 8 heteroatoms. The van der Waals surface area contributed by atoms with Crippen LogP contribution in [0.3, 0.4) is 0 Å².